The lowest BCUT2D eigenvalue weighted by molar-refractivity contribution is -0.119. The van der Waals surface area contributed by atoms with E-state index in [4.69, 9.17) is 15.5 Å². The Kier molecular flexibility index (Phi) is 6.05. The predicted octanol–water partition coefficient (Wildman–Crippen LogP) is -0.435. The minimum absolute atomic E-state index is 0.133. The van der Waals surface area contributed by atoms with Crippen molar-refractivity contribution in [3.63, 3.8) is 0 Å². The zero-order chi connectivity index (χ0) is 16.3. The van der Waals surface area contributed by atoms with E-state index in [0.29, 0.717) is 9.48 Å². The van der Waals surface area contributed by atoms with E-state index in [1.807, 2.05) is 4.83 Å². The van der Waals surface area contributed by atoms with Gasteiger partial charge in [-0.05, 0) is 24.3 Å². The second-order valence-corrected chi connectivity index (χ2v) is 8.21. The van der Waals surface area contributed by atoms with Gasteiger partial charge in [-0.3, -0.25) is 9.36 Å². The lowest BCUT2D eigenvalue weighted by atomic mass is 10.4. The fourth-order valence-electron chi connectivity index (χ4n) is 1.36. The molecule has 0 atom stereocenters. The zero-order valence-corrected chi connectivity index (χ0v) is 13.8. The Morgan fingerprint density at radius 2 is 1.86 bits per heavy atom. The number of rotatable bonds is 7. The van der Waals surface area contributed by atoms with Crippen LogP contribution in [-0.4, -0.2) is 42.0 Å². The summed E-state index contributed by atoms with van der Waals surface area (Å²) in [6.45, 7) is -0.680. The average molecular weight is 402 g/mol. The molecule has 0 aliphatic rings. The summed E-state index contributed by atoms with van der Waals surface area (Å²) in [5, 5.41) is 0.556. The number of hydrogen-bond donors (Lipinski definition) is 4. The van der Waals surface area contributed by atoms with Gasteiger partial charge in [-0.1, -0.05) is 15.9 Å². The van der Waals surface area contributed by atoms with Crippen molar-refractivity contribution in [1.82, 2.24) is 9.84 Å². The Morgan fingerprint density at radius 3 is 2.29 bits per heavy atom. The Balaban J connectivity index is 2.97. The largest absolute Gasteiger partial charge is 0.369 e. The molecule has 0 saturated carbocycles. The van der Waals surface area contributed by atoms with Crippen LogP contribution in [0.2, 0.25) is 0 Å². The van der Waals surface area contributed by atoms with Crippen LogP contribution in [0.25, 0.3) is 0 Å². The molecule has 0 unspecified atom stereocenters. The molecule has 0 aliphatic heterocycles. The van der Waals surface area contributed by atoms with Gasteiger partial charge in [0.25, 0.3) is 10.0 Å². The lowest BCUT2D eigenvalue weighted by Gasteiger charge is -2.21. The van der Waals surface area contributed by atoms with Crippen LogP contribution in [0.15, 0.2) is 33.6 Å². The van der Waals surface area contributed by atoms with Crippen LogP contribution in [0, 0.1) is 0 Å². The molecule has 0 fully saturated rings. The van der Waals surface area contributed by atoms with Crippen LogP contribution in [0.1, 0.15) is 0 Å². The molecule has 0 radical (unpaired) electrons. The standard InChI is InChI=1S/C9H13BrN3O6PS/c10-7-1-3-8(4-2-7)21(18,19)12-13(5-9(11)14)6-20(15,16)17/h1-4,12H,5-6H2,(H2,11,14)(H2,15,16,17). The second-order valence-electron chi connectivity index (χ2n) is 4.02. The molecule has 0 aliphatic carbocycles. The van der Waals surface area contributed by atoms with Gasteiger partial charge in [0, 0.05) is 4.47 Å². The van der Waals surface area contributed by atoms with Crippen molar-refractivity contribution in [3.05, 3.63) is 28.7 Å². The lowest BCUT2D eigenvalue weighted by Crippen LogP contribution is -2.46. The molecule has 9 nitrogen and oxygen atoms in total. The molecule has 1 amide bonds. The van der Waals surface area contributed by atoms with E-state index < -0.39 is 36.4 Å². The number of nitrogens with two attached hydrogens (primary N) is 1. The minimum atomic E-state index is -4.58. The highest BCUT2D eigenvalue weighted by molar-refractivity contribution is 9.10. The normalized spacial score (nSPS) is 12.6. The molecule has 5 N–H and O–H groups in total. The number of amides is 1. The Hall–Kier alpha value is -0.810. The summed E-state index contributed by atoms with van der Waals surface area (Å²) in [6.07, 6.45) is -0.980. The first-order chi connectivity index (χ1) is 9.49. The number of hydrogen-bond acceptors (Lipinski definition) is 5. The van der Waals surface area contributed by atoms with E-state index in [2.05, 4.69) is 15.9 Å². The monoisotopic (exact) mass is 401 g/mol. The number of nitrogens with one attached hydrogen (secondary N) is 1. The number of nitrogens with zero attached hydrogens (tertiary/aromatic N) is 1. The molecular formula is C9H13BrN3O6PS. The summed E-state index contributed by atoms with van der Waals surface area (Å²) in [4.78, 5) is 30.4. The van der Waals surface area contributed by atoms with Gasteiger partial charge < -0.3 is 15.5 Å². The van der Waals surface area contributed by atoms with E-state index in [0.717, 1.165) is 0 Å². The van der Waals surface area contributed by atoms with Gasteiger partial charge in [0.05, 0.1) is 11.4 Å². The van der Waals surface area contributed by atoms with Crippen LogP contribution in [-0.2, 0) is 19.4 Å². The molecule has 21 heavy (non-hydrogen) atoms. The van der Waals surface area contributed by atoms with E-state index in [-0.39, 0.29) is 4.90 Å². The highest BCUT2D eigenvalue weighted by atomic mass is 79.9. The maximum atomic E-state index is 12.0. The van der Waals surface area contributed by atoms with Crippen molar-refractivity contribution in [2.45, 2.75) is 4.90 Å². The molecule has 1 aromatic rings. The Labute approximate surface area is 129 Å². The van der Waals surface area contributed by atoms with Crippen LogP contribution in [0.5, 0.6) is 0 Å². The zero-order valence-electron chi connectivity index (χ0n) is 10.5. The Morgan fingerprint density at radius 1 is 1.33 bits per heavy atom. The van der Waals surface area contributed by atoms with Crippen molar-refractivity contribution < 1.29 is 27.6 Å². The number of carbonyl (C=O) groups is 1. The van der Waals surface area contributed by atoms with Gasteiger partial charge in [0.15, 0.2) is 0 Å². The average Bonchev–Trinajstić information content (AvgIpc) is 2.25. The molecular weight excluding hydrogens is 389 g/mol. The number of sulfonamides is 1. The van der Waals surface area contributed by atoms with Crippen molar-refractivity contribution in [2.24, 2.45) is 5.73 Å². The quantitative estimate of drug-likeness (QED) is 0.357. The highest BCUT2D eigenvalue weighted by Gasteiger charge is 2.25. The fraction of sp³-hybridized carbons (Fsp3) is 0.222. The molecule has 1 aromatic carbocycles. The first-order valence-corrected chi connectivity index (χ1v) is 9.43. The summed E-state index contributed by atoms with van der Waals surface area (Å²) in [7, 11) is -8.67. The van der Waals surface area contributed by atoms with Crippen LogP contribution in [0.4, 0.5) is 0 Å². The first kappa shape index (κ1) is 18.2. The minimum Gasteiger partial charge on any atom is -0.369 e. The van der Waals surface area contributed by atoms with Crippen LogP contribution < -0.4 is 10.6 Å². The molecule has 0 heterocycles. The van der Waals surface area contributed by atoms with Gasteiger partial charge in [-0.25, -0.2) is 13.4 Å². The molecule has 0 saturated heterocycles. The summed E-state index contributed by atoms with van der Waals surface area (Å²) >= 11 is 3.15. The van der Waals surface area contributed by atoms with Gasteiger partial charge in [-0.15, -0.1) is 4.83 Å². The number of hydrazine groups is 1. The fourth-order valence-corrected chi connectivity index (χ4v) is 3.40. The molecule has 0 aromatic heterocycles. The van der Waals surface area contributed by atoms with Crippen molar-refractivity contribution in [2.75, 3.05) is 12.8 Å². The molecule has 118 valence electrons. The van der Waals surface area contributed by atoms with E-state index >= 15 is 0 Å². The number of benzene rings is 1. The SMILES string of the molecule is NC(=O)CN(CP(=O)(O)O)NS(=O)(=O)c1ccc(Br)cc1. The van der Waals surface area contributed by atoms with Gasteiger partial charge in [0.1, 0.15) is 6.29 Å². The summed E-state index contributed by atoms with van der Waals surface area (Å²) in [5.41, 5.74) is 4.92. The second kappa shape index (κ2) is 6.97. The van der Waals surface area contributed by atoms with Crippen LogP contribution in [0.3, 0.4) is 0 Å². The topological polar surface area (TPSA) is 150 Å². The Bertz CT molecular complexity index is 659. The maximum Gasteiger partial charge on any atom is 0.340 e. The van der Waals surface area contributed by atoms with Crippen LogP contribution >= 0.6 is 23.5 Å². The van der Waals surface area contributed by atoms with Crippen molar-refractivity contribution in [1.29, 1.82) is 0 Å². The number of carbonyl (C=O) groups excluding carboxylic acids is 1. The van der Waals surface area contributed by atoms with Crippen molar-refractivity contribution in [3.8, 4) is 0 Å². The summed E-state index contributed by atoms with van der Waals surface area (Å²) in [6, 6.07) is 5.53. The third-order valence-corrected chi connectivity index (χ3v) is 4.70. The first-order valence-electron chi connectivity index (χ1n) is 5.35. The molecule has 0 bridgehead atoms. The molecule has 1 rings (SSSR count). The van der Waals surface area contributed by atoms with Gasteiger partial charge in [0.2, 0.25) is 5.91 Å². The predicted molar refractivity (Wildman–Crippen MR) is 77.3 cm³/mol. The number of halogens is 1. The van der Waals surface area contributed by atoms with Crippen molar-refractivity contribution >= 4 is 39.5 Å². The van der Waals surface area contributed by atoms with Gasteiger partial charge in [-0.2, -0.15) is 0 Å². The van der Waals surface area contributed by atoms with Gasteiger partial charge >= 0.3 is 7.60 Å². The third-order valence-electron chi connectivity index (χ3n) is 2.07. The third kappa shape index (κ3) is 6.66. The highest BCUT2D eigenvalue weighted by Crippen LogP contribution is 2.34. The number of primary amides is 1. The summed E-state index contributed by atoms with van der Waals surface area (Å²) < 4.78 is 35.7. The van der Waals surface area contributed by atoms with E-state index in [1.165, 1.54) is 24.3 Å². The van der Waals surface area contributed by atoms with E-state index in [9.17, 15) is 17.8 Å². The summed E-state index contributed by atoms with van der Waals surface area (Å²) in [5.74, 6) is -0.943. The molecule has 12 heteroatoms. The maximum absolute atomic E-state index is 12.0. The smallest absolute Gasteiger partial charge is 0.340 e. The van der Waals surface area contributed by atoms with E-state index in [1.54, 1.807) is 0 Å². The molecule has 0 spiro atoms.